The molecule has 3 rings (SSSR count). The fraction of sp³-hybridized carbons (Fsp3) is 0.238. The predicted molar refractivity (Wildman–Crippen MR) is 115 cm³/mol. The Morgan fingerprint density at radius 3 is 2.64 bits per heavy atom. The van der Waals surface area contributed by atoms with Crippen molar-refractivity contribution >= 4 is 23.3 Å². The van der Waals surface area contributed by atoms with Gasteiger partial charge in [-0.2, -0.15) is 10.2 Å². The van der Waals surface area contributed by atoms with Gasteiger partial charge in [0, 0.05) is 0 Å². The van der Waals surface area contributed by atoms with E-state index in [1.807, 2.05) is 0 Å². The smallest absolute Gasteiger partial charge is 0.371 e. The van der Waals surface area contributed by atoms with Crippen LogP contribution in [-0.2, 0) is 17.9 Å². The first-order chi connectivity index (χ1) is 15.7. The maximum Gasteiger partial charge on any atom is 0.371 e. The number of hydrogen-bond acceptors (Lipinski definition) is 8. The van der Waals surface area contributed by atoms with Crippen molar-refractivity contribution in [3.05, 3.63) is 76.0 Å². The van der Waals surface area contributed by atoms with Crippen LogP contribution in [0.2, 0.25) is 0 Å². The Bertz CT molecular complexity index is 1180. The van der Waals surface area contributed by atoms with E-state index < -0.39 is 16.8 Å². The van der Waals surface area contributed by atoms with E-state index in [-0.39, 0.29) is 30.5 Å². The summed E-state index contributed by atoms with van der Waals surface area (Å²) in [6.07, 6.45) is 2.39. The molecule has 0 aliphatic rings. The summed E-state index contributed by atoms with van der Waals surface area (Å²) in [6.45, 7) is 3.64. The number of carboxylic acids is 1. The van der Waals surface area contributed by atoms with Crippen molar-refractivity contribution in [3.8, 4) is 5.75 Å². The molecule has 3 aromatic rings. The van der Waals surface area contributed by atoms with Gasteiger partial charge in [-0.15, -0.1) is 0 Å². The van der Waals surface area contributed by atoms with E-state index in [2.05, 4.69) is 15.6 Å². The minimum Gasteiger partial charge on any atom is -0.486 e. The highest BCUT2D eigenvalue weighted by molar-refractivity contribution is 5.99. The van der Waals surface area contributed by atoms with E-state index in [1.54, 1.807) is 38.1 Å². The van der Waals surface area contributed by atoms with E-state index in [1.165, 1.54) is 23.0 Å². The number of nitro groups is 1. The molecular weight excluding hydrogens is 434 g/mol. The molecule has 0 aliphatic carbocycles. The molecule has 12 nitrogen and oxygen atoms in total. The summed E-state index contributed by atoms with van der Waals surface area (Å²) in [4.78, 5) is 33.3. The van der Waals surface area contributed by atoms with Gasteiger partial charge in [0.05, 0.1) is 23.1 Å². The predicted octanol–water partition coefficient (Wildman–Crippen LogP) is 2.84. The second-order valence-corrected chi connectivity index (χ2v) is 7.14. The van der Waals surface area contributed by atoms with Crippen LogP contribution in [-0.4, -0.2) is 37.4 Å². The van der Waals surface area contributed by atoms with Crippen molar-refractivity contribution in [1.82, 2.24) is 15.2 Å². The Morgan fingerprint density at radius 1 is 1.30 bits per heavy atom. The van der Waals surface area contributed by atoms with Crippen molar-refractivity contribution in [3.63, 3.8) is 0 Å². The molecule has 0 radical (unpaired) electrons. The highest BCUT2D eigenvalue weighted by Crippen LogP contribution is 2.16. The van der Waals surface area contributed by atoms with E-state index in [0.717, 1.165) is 11.8 Å². The summed E-state index contributed by atoms with van der Waals surface area (Å²) in [5, 5.41) is 27.5. The first-order valence-corrected chi connectivity index (χ1v) is 9.79. The third-order valence-electron chi connectivity index (χ3n) is 4.60. The van der Waals surface area contributed by atoms with Gasteiger partial charge in [0.2, 0.25) is 11.7 Å². The van der Waals surface area contributed by atoms with E-state index in [9.17, 15) is 19.7 Å². The van der Waals surface area contributed by atoms with Crippen molar-refractivity contribution < 1.29 is 28.8 Å². The lowest BCUT2D eigenvalue weighted by molar-refractivity contribution is -0.385. The molecule has 0 spiro atoms. The molecule has 2 N–H and O–H groups in total. The molecule has 0 aliphatic heterocycles. The summed E-state index contributed by atoms with van der Waals surface area (Å²) >= 11 is 0. The number of benzene rings is 1. The number of rotatable bonds is 10. The van der Waals surface area contributed by atoms with E-state index in [0.29, 0.717) is 17.2 Å². The molecule has 1 amide bonds. The lowest BCUT2D eigenvalue weighted by Gasteiger charge is -2.10. The van der Waals surface area contributed by atoms with Crippen molar-refractivity contribution in [2.75, 3.05) is 0 Å². The van der Waals surface area contributed by atoms with Gasteiger partial charge in [0.15, 0.2) is 0 Å². The van der Waals surface area contributed by atoms with Crippen LogP contribution in [0.4, 0.5) is 5.69 Å². The third kappa shape index (κ3) is 6.26. The van der Waals surface area contributed by atoms with Crippen LogP contribution < -0.4 is 10.2 Å². The third-order valence-corrected chi connectivity index (χ3v) is 4.60. The zero-order chi connectivity index (χ0) is 24.0. The number of carboxylic acid groups (broad SMARTS) is 1. The lowest BCUT2D eigenvalue weighted by Crippen LogP contribution is -2.29. The van der Waals surface area contributed by atoms with Gasteiger partial charge in [-0.05, 0) is 48.9 Å². The minimum absolute atomic E-state index is 0.0764. The van der Waals surface area contributed by atoms with Crippen molar-refractivity contribution in [1.29, 1.82) is 0 Å². The fourth-order valence-electron chi connectivity index (χ4n) is 2.74. The van der Waals surface area contributed by atoms with Gasteiger partial charge in [-0.25, -0.2) is 10.2 Å². The van der Waals surface area contributed by atoms with Gasteiger partial charge < -0.3 is 14.3 Å². The summed E-state index contributed by atoms with van der Waals surface area (Å²) in [7, 11) is 0. The highest BCUT2D eigenvalue weighted by Gasteiger charge is 2.16. The Kier molecular flexibility index (Phi) is 7.18. The zero-order valence-electron chi connectivity index (χ0n) is 17.8. The number of amides is 1. The molecule has 0 saturated heterocycles. The SMILES string of the molecule is C/C(=N/NC(=O)C(C)Cn1cc([N+](=O)[O-])cn1)c1ccc(OCc2ccc(C(=O)O)o2)cc1. The number of nitrogens with one attached hydrogen (secondary N) is 1. The largest absolute Gasteiger partial charge is 0.486 e. The number of nitrogens with zero attached hydrogens (tertiary/aromatic N) is 4. The molecule has 33 heavy (non-hydrogen) atoms. The van der Waals surface area contributed by atoms with Gasteiger partial charge >= 0.3 is 11.7 Å². The molecule has 0 bridgehead atoms. The highest BCUT2D eigenvalue weighted by atomic mass is 16.6. The Hall–Kier alpha value is -4.48. The molecule has 2 heterocycles. The van der Waals surface area contributed by atoms with Gasteiger partial charge in [0.1, 0.15) is 30.5 Å². The molecule has 0 saturated carbocycles. The normalized spacial score (nSPS) is 12.2. The van der Waals surface area contributed by atoms with E-state index >= 15 is 0 Å². The monoisotopic (exact) mass is 455 g/mol. The molecule has 1 unspecified atom stereocenters. The van der Waals surface area contributed by atoms with E-state index in [4.69, 9.17) is 14.3 Å². The van der Waals surface area contributed by atoms with Crippen LogP contribution in [0.3, 0.4) is 0 Å². The average Bonchev–Trinajstić information content (AvgIpc) is 3.46. The number of carbonyl (C=O) groups excluding carboxylic acids is 1. The number of ether oxygens (including phenoxy) is 1. The zero-order valence-corrected chi connectivity index (χ0v) is 17.8. The maximum atomic E-state index is 12.3. The second kappa shape index (κ2) is 10.2. The second-order valence-electron chi connectivity index (χ2n) is 7.14. The molecule has 1 atom stereocenters. The van der Waals surface area contributed by atoms with Gasteiger partial charge in [-0.3, -0.25) is 19.6 Å². The standard InChI is InChI=1S/C21H21N5O7/c1-13(10-25-11-16(9-22-25)26(30)31)20(27)24-23-14(2)15-3-5-17(6-4-15)32-12-18-7-8-19(33-18)21(28)29/h3-9,11,13H,10,12H2,1-2H3,(H,24,27)(H,28,29)/b23-14-. The summed E-state index contributed by atoms with van der Waals surface area (Å²) in [5.41, 5.74) is 3.66. The molecule has 0 fully saturated rings. The minimum atomic E-state index is -1.15. The number of aromatic nitrogens is 2. The Labute approximate surface area is 187 Å². The van der Waals surface area contributed by atoms with Crippen LogP contribution in [0.15, 0.2) is 58.3 Å². The van der Waals surface area contributed by atoms with Crippen LogP contribution in [0.5, 0.6) is 5.75 Å². The maximum absolute atomic E-state index is 12.3. The van der Waals surface area contributed by atoms with Crippen LogP contribution in [0.25, 0.3) is 0 Å². The molecular formula is C21H21N5O7. The molecule has 2 aromatic heterocycles. The first-order valence-electron chi connectivity index (χ1n) is 9.79. The quantitative estimate of drug-likeness (QED) is 0.268. The van der Waals surface area contributed by atoms with Crippen LogP contribution in [0, 0.1) is 16.0 Å². The molecule has 12 heteroatoms. The topological polar surface area (TPSA) is 162 Å². The fourth-order valence-corrected chi connectivity index (χ4v) is 2.74. The van der Waals surface area contributed by atoms with Gasteiger partial charge in [0.25, 0.3) is 0 Å². The number of carbonyl (C=O) groups is 2. The number of aromatic carboxylic acids is 1. The van der Waals surface area contributed by atoms with Gasteiger partial charge in [-0.1, -0.05) is 6.92 Å². The summed E-state index contributed by atoms with van der Waals surface area (Å²) < 4.78 is 12.0. The summed E-state index contributed by atoms with van der Waals surface area (Å²) in [5.74, 6) is -1.24. The van der Waals surface area contributed by atoms with Crippen molar-refractivity contribution in [2.45, 2.75) is 27.0 Å². The number of hydrogen-bond donors (Lipinski definition) is 2. The number of furan rings is 1. The lowest BCUT2D eigenvalue weighted by atomic mass is 10.1. The first kappa shape index (κ1) is 23.2. The average molecular weight is 455 g/mol. The Balaban J connectivity index is 1.51. The molecule has 1 aromatic carbocycles. The summed E-state index contributed by atoms with van der Waals surface area (Å²) in [6, 6.07) is 9.84. The number of hydrazone groups is 1. The van der Waals surface area contributed by atoms with Crippen LogP contribution in [0.1, 0.15) is 35.7 Å². The van der Waals surface area contributed by atoms with Crippen molar-refractivity contribution in [2.24, 2.45) is 11.0 Å². The molecule has 172 valence electrons. The van der Waals surface area contributed by atoms with Crippen LogP contribution >= 0.6 is 0 Å². The Morgan fingerprint density at radius 2 is 2.03 bits per heavy atom.